The number of unbranched alkanes of at least 4 members (excludes halogenated alkanes) is 1. The van der Waals surface area contributed by atoms with Gasteiger partial charge >= 0.3 is 0 Å². The zero-order valence-corrected chi connectivity index (χ0v) is 17.5. The van der Waals surface area contributed by atoms with E-state index in [1.54, 1.807) is 0 Å². The molecule has 1 aromatic rings. The molecule has 0 radical (unpaired) electrons. The van der Waals surface area contributed by atoms with E-state index in [1.807, 2.05) is 32.0 Å². The van der Waals surface area contributed by atoms with E-state index in [2.05, 4.69) is 22.9 Å². The van der Waals surface area contributed by atoms with E-state index >= 15 is 0 Å². The van der Waals surface area contributed by atoms with Crippen molar-refractivity contribution in [2.24, 2.45) is 0 Å². The molecule has 5 nitrogen and oxygen atoms in total. The maximum Gasteiger partial charge on any atom is 0.190 e. The Labute approximate surface area is 167 Å². The molecule has 26 heavy (non-hydrogen) atoms. The van der Waals surface area contributed by atoms with Crippen LogP contribution in [0.2, 0.25) is 5.02 Å². The minimum Gasteiger partial charge on any atom is -0.367 e. The Hall–Kier alpha value is -0.500. The second-order valence-corrected chi connectivity index (χ2v) is 8.32. The van der Waals surface area contributed by atoms with E-state index in [1.165, 1.54) is 0 Å². The third-order valence-corrected chi connectivity index (χ3v) is 5.88. The van der Waals surface area contributed by atoms with Crippen molar-refractivity contribution in [3.05, 3.63) is 33.3 Å². The van der Waals surface area contributed by atoms with Gasteiger partial charge in [-0.3, -0.25) is 4.79 Å². The second kappa shape index (κ2) is 8.25. The Kier molecular flexibility index (Phi) is 6.42. The molecule has 2 saturated heterocycles. The molecule has 3 rings (SSSR count). The van der Waals surface area contributed by atoms with Crippen LogP contribution in [0, 0.1) is 0 Å². The Morgan fingerprint density at radius 3 is 2.85 bits per heavy atom. The summed E-state index contributed by atoms with van der Waals surface area (Å²) in [7, 11) is 0. The van der Waals surface area contributed by atoms with Crippen LogP contribution >= 0.6 is 27.5 Å². The van der Waals surface area contributed by atoms with Crippen LogP contribution in [0.4, 0.5) is 0 Å². The lowest BCUT2D eigenvalue weighted by molar-refractivity contribution is -0.218. The van der Waals surface area contributed by atoms with Crippen LogP contribution in [0.3, 0.4) is 0 Å². The molecule has 0 aromatic heterocycles. The monoisotopic (exact) mass is 446 g/mol. The van der Waals surface area contributed by atoms with Gasteiger partial charge in [-0.25, -0.2) is 0 Å². The number of carbonyl (C=O) groups is 1. The Bertz CT molecular complexity index is 665. The predicted molar refractivity (Wildman–Crippen MR) is 101 cm³/mol. The first-order chi connectivity index (χ1) is 12.3. The predicted octanol–water partition coefficient (Wildman–Crippen LogP) is 4.62. The van der Waals surface area contributed by atoms with Gasteiger partial charge in [0.05, 0.1) is 11.6 Å². The van der Waals surface area contributed by atoms with Crippen molar-refractivity contribution < 1.29 is 23.7 Å². The first-order valence-electron chi connectivity index (χ1n) is 8.90. The van der Waals surface area contributed by atoms with Crippen molar-refractivity contribution >= 4 is 33.3 Å². The Morgan fingerprint density at radius 2 is 2.12 bits per heavy atom. The summed E-state index contributed by atoms with van der Waals surface area (Å²) in [5, 5.41) is 0.598. The average Bonchev–Trinajstić information content (AvgIpc) is 3.06. The van der Waals surface area contributed by atoms with Crippen molar-refractivity contribution in [3.8, 4) is 0 Å². The van der Waals surface area contributed by atoms with E-state index in [-0.39, 0.29) is 12.4 Å². The van der Waals surface area contributed by atoms with E-state index in [4.69, 9.17) is 30.5 Å². The van der Waals surface area contributed by atoms with Gasteiger partial charge in [-0.15, -0.1) is 0 Å². The van der Waals surface area contributed by atoms with Crippen LogP contribution in [0.5, 0.6) is 0 Å². The number of carbonyl (C=O) groups excluding carboxylic acids is 1. The first kappa shape index (κ1) is 20.2. The number of rotatable bonds is 7. The molecule has 0 spiro atoms. The number of hydrogen-bond donors (Lipinski definition) is 0. The van der Waals surface area contributed by atoms with Crippen LogP contribution in [0.25, 0.3) is 0 Å². The molecule has 0 amide bonds. The maximum absolute atomic E-state index is 12.6. The Morgan fingerprint density at radius 1 is 1.35 bits per heavy atom. The lowest BCUT2D eigenvalue weighted by atomic mass is 10.0. The summed E-state index contributed by atoms with van der Waals surface area (Å²) >= 11 is 9.73. The molecular formula is C19H24BrClO5. The summed E-state index contributed by atoms with van der Waals surface area (Å²) < 4.78 is 24.5. The molecule has 2 aliphatic heterocycles. The van der Waals surface area contributed by atoms with Crippen molar-refractivity contribution in [3.63, 3.8) is 0 Å². The molecule has 2 fully saturated rings. The summed E-state index contributed by atoms with van der Waals surface area (Å²) in [6.45, 7) is 5.96. The zero-order valence-electron chi connectivity index (χ0n) is 15.2. The van der Waals surface area contributed by atoms with E-state index in [9.17, 15) is 4.79 Å². The van der Waals surface area contributed by atoms with Gasteiger partial charge in [-0.05, 0) is 47.8 Å². The summed E-state index contributed by atoms with van der Waals surface area (Å²) in [5.41, 5.74) is 0.836. The minimum absolute atomic E-state index is 0.0246. The largest absolute Gasteiger partial charge is 0.367 e. The molecule has 1 aromatic carbocycles. The molecule has 4 atom stereocenters. The molecular weight excluding hydrogens is 424 g/mol. The highest BCUT2D eigenvalue weighted by Crippen LogP contribution is 2.40. The zero-order chi connectivity index (χ0) is 18.9. The van der Waals surface area contributed by atoms with Gasteiger partial charge in [0.25, 0.3) is 0 Å². The maximum atomic E-state index is 12.6. The number of ketones is 1. The van der Waals surface area contributed by atoms with Crippen LogP contribution in [0.1, 0.15) is 45.6 Å². The summed E-state index contributed by atoms with van der Waals surface area (Å²) in [6.07, 6.45) is -0.00734. The number of benzene rings is 1. The number of fused-ring (bicyclic) bond motifs is 1. The van der Waals surface area contributed by atoms with Crippen LogP contribution in [-0.2, 0) is 30.3 Å². The third-order valence-electron chi connectivity index (χ3n) is 4.55. The highest BCUT2D eigenvalue weighted by atomic mass is 79.9. The van der Waals surface area contributed by atoms with Gasteiger partial charge in [0.2, 0.25) is 0 Å². The first-order valence-corrected chi connectivity index (χ1v) is 10.1. The van der Waals surface area contributed by atoms with Gasteiger partial charge < -0.3 is 18.9 Å². The summed E-state index contributed by atoms with van der Waals surface area (Å²) in [5.74, 6) is -0.737. The van der Waals surface area contributed by atoms with Crippen molar-refractivity contribution in [2.75, 3.05) is 0 Å². The summed E-state index contributed by atoms with van der Waals surface area (Å²) in [6, 6.07) is 5.66. The van der Waals surface area contributed by atoms with Crippen molar-refractivity contribution in [1.82, 2.24) is 0 Å². The average molecular weight is 448 g/mol. The third kappa shape index (κ3) is 4.32. The van der Waals surface area contributed by atoms with Crippen LogP contribution < -0.4 is 0 Å². The summed E-state index contributed by atoms with van der Waals surface area (Å²) in [4.78, 5) is 12.6. The topological polar surface area (TPSA) is 54.0 Å². The van der Waals surface area contributed by atoms with Gasteiger partial charge in [0, 0.05) is 10.9 Å². The van der Waals surface area contributed by atoms with Crippen molar-refractivity contribution in [2.45, 2.75) is 77.0 Å². The molecule has 7 heteroatoms. The Balaban J connectivity index is 1.74. The molecule has 2 aliphatic rings. The number of ether oxygens (including phenoxy) is 4. The molecule has 144 valence electrons. The number of halogens is 2. The van der Waals surface area contributed by atoms with E-state index in [0.29, 0.717) is 11.4 Å². The normalized spacial score (nSPS) is 29.7. The number of hydrogen-bond acceptors (Lipinski definition) is 5. The lowest BCUT2D eigenvalue weighted by Crippen LogP contribution is -2.40. The second-order valence-electron chi connectivity index (χ2n) is 7.08. The highest BCUT2D eigenvalue weighted by molar-refractivity contribution is 9.10. The molecule has 0 N–H and O–H groups in total. The molecule has 2 heterocycles. The standard InChI is InChI=1S/C19H24BrClO5/c1-4-5-9-13(22)15-16(17-18(24-15)26-19(2,3)25-17)23-10-11-7-6-8-12(20)14(11)21/h6-8,15-18H,4-5,9-10H2,1-3H3/t15-,16+,17-,18-/m1/s1. The van der Waals surface area contributed by atoms with Gasteiger partial charge in [0.15, 0.2) is 17.9 Å². The van der Waals surface area contributed by atoms with Gasteiger partial charge in [-0.2, -0.15) is 0 Å². The number of Topliss-reactive ketones (excluding diaryl/α,β-unsaturated/α-hetero) is 1. The minimum atomic E-state index is -0.762. The molecule has 0 bridgehead atoms. The van der Waals surface area contributed by atoms with Crippen LogP contribution in [-0.4, -0.2) is 36.2 Å². The van der Waals surface area contributed by atoms with E-state index in [0.717, 1.165) is 22.9 Å². The van der Waals surface area contributed by atoms with Crippen LogP contribution in [0.15, 0.2) is 22.7 Å². The van der Waals surface area contributed by atoms with E-state index < -0.39 is 30.4 Å². The van der Waals surface area contributed by atoms with Gasteiger partial charge in [0.1, 0.15) is 18.3 Å². The smallest absolute Gasteiger partial charge is 0.190 e. The van der Waals surface area contributed by atoms with Gasteiger partial charge in [-0.1, -0.05) is 37.1 Å². The fourth-order valence-corrected chi connectivity index (χ4v) is 3.85. The van der Waals surface area contributed by atoms with Crippen molar-refractivity contribution in [1.29, 1.82) is 0 Å². The molecule has 0 unspecified atom stereocenters. The quantitative estimate of drug-likeness (QED) is 0.610. The lowest BCUT2D eigenvalue weighted by Gasteiger charge is -2.25. The SMILES string of the molecule is CCCCC(=O)[C@H]1O[C@@H]2OC(C)(C)O[C@@H]2[C@H]1OCc1cccc(Br)c1Cl. The fraction of sp³-hybridized carbons (Fsp3) is 0.632. The fourth-order valence-electron chi connectivity index (χ4n) is 3.26. The molecule has 0 saturated carbocycles. The highest BCUT2D eigenvalue weighted by Gasteiger charge is 2.57. The molecule has 0 aliphatic carbocycles.